The van der Waals surface area contributed by atoms with Gasteiger partial charge in [0.2, 0.25) is 0 Å². The van der Waals surface area contributed by atoms with Crippen LogP contribution in [0.4, 0.5) is 0 Å². The molecule has 1 aromatic rings. The predicted octanol–water partition coefficient (Wildman–Crippen LogP) is 3.15. The fourth-order valence-corrected chi connectivity index (χ4v) is 4.60. The lowest BCUT2D eigenvalue weighted by Gasteiger charge is -2.35. The second-order valence-corrected chi connectivity index (χ2v) is 6.99. The lowest BCUT2D eigenvalue weighted by atomic mass is 10.0. The molecule has 2 rings (SSSR count). The van der Waals surface area contributed by atoms with E-state index in [1.807, 2.05) is 18.2 Å². The molecule has 1 aliphatic rings. The molecule has 1 aliphatic heterocycles. The molecule has 0 saturated carbocycles. The smallest absolute Gasteiger partial charge is 0.156 e. The second kappa shape index (κ2) is 6.03. The maximum Gasteiger partial charge on any atom is 0.156 e. The van der Waals surface area contributed by atoms with E-state index in [9.17, 15) is 4.21 Å². The summed E-state index contributed by atoms with van der Waals surface area (Å²) < 4.78 is 17.4. The number of thioether (sulfide) groups is 1. The summed E-state index contributed by atoms with van der Waals surface area (Å²) in [5, 5.41) is 0. The van der Waals surface area contributed by atoms with Gasteiger partial charge in [-0.05, 0) is 24.2 Å². The fourth-order valence-electron chi connectivity index (χ4n) is 2.15. The van der Waals surface area contributed by atoms with E-state index in [1.165, 1.54) is 5.56 Å². The lowest BCUT2D eigenvalue weighted by molar-refractivity contribution is 0.162. The molecule has 0 amide bonds. The highest BCUT2D eigenvalue weighted by Gasteiger charge is 2.36. The topological polar surface area (TPSA) is 26.3 Å². The number of hydrogen-bond donors (Lipinski definition) is 0. The van der Waals surface area contributed by atoms with Crippen LogP contribution in [-0.2, 0) is 21.7 Å². The van der Waals surface area contributed by atoms with E-state index in [4.69, 9.17) is 4.18 Å². The molecule has 2 atom stereocenters. The average molecular weight is 270 g/mol. The van der Waals surface area contributed by atoms with Gasteiger partial charge in [0, 0.05) is 12.2 Å². The predicted molar refractivity (Wildman–Crippen MR) is 74.3 cm³/mol. The average Bonchev–Trinajstić information content (AvgIpc) is 2.30. The molecule has 0 N–H and O–H groups in total. The minimum atomic E-state index is -1.11. The zero-order valence-corrected chi connectivity index (χ0v) is 11.7. The molecule has 0 spiro atoms. The van der Waals surface area contributed by atoms with E-state index in [0.717, 1.165) is 25.0 Å². The van der Waals surface area contributed by atoms with Crippen LogP contribution in [0.25, 0.3) is 0 Å². The zero-order valence-electron chi connectivity index (χ0n) is 10.1. The van der Waals surface area contributed by atoms with Gasteiger partial charge in [0.15, 0.2) is 11.1 Å². The van der Waals surface area contributed by atoms with Gasteiger partial charge in [-0.3, -0.25) is 4.18 Å². The lowest BCUT2D eigenvalue weighted by Crippen LogP contribution is -2.37. The number of benzene rings is 1. The summed E-state index contributed by atoms with van der Waals surface area (Å²) in [5.41, 5.74) is 1.26. The minimum absolute atomic E-state index is 0.279. The monoisotopic (exact) mass is 270 g/mol. The summed E-state index contributed by atoms with van der Waals surface area (Å²) in [5.74, 6) is 1.67. The van der Waals surface area contributed by atoms with Crippen LogP contribution < -0.4 is 0 Å². The van der Waals surface area contributed by atoms with Crippen molar-refractivity contribution in [3.63, 3.8) is 0 Å². The Balaban J connectivity index is 2.13. The van der Waals surface area contributed by atoms with Gasteiger partial charge in [0.05, 0.1) is 0 Å². The van der Waals surface area contributed by atoms with Gasteiger partial charge in [-0.25, -0.2) is 4.21 Å². The van der Waals surface area contributed by atoms with Gasteiger partial charge in [-0.2, -0.15) is 0 Å². The van der Waals surface area contributed by atoms with Crippen molar-refractivity contribution in [3.8, 4) is 0 Å². The van der Waals surface area contributed by atoms with E-state index in [0.29, 0.717) is 5.75 Å². The quantitative estimate of drug-likeness (QED) is 0.840. The maximum atomic E-state index is 11.6. The normalized spacial score (nSPS) is 29.1. The molecular formula is C13H18O2S2. The third-order valence-corrected chi connectivity index (χ3v) is 5.32. The van der Waals surface area contributed by atoms with Crippen molar-refractivity contribution in [3.05, 3.63) is 35.9 Å². The standard InChI is InChI=1S/C13H18O2S2/c1-2-16-13(9-6-10-17(14)15-13)11-12-7-4-3-5-8-12/h3-5,7-8H,2,6,9-11H2,1H3/t13-,17-/m0/s1. The summed E-state index contributed by atoms with van der Waals surface area (Å²) in [7, 11) is 0. The molecule has 1 aromatic carbocycles. The molecule has 2 nitrogen and oxygen atoms in total. The van der Waals surface area contributed by atoms with Crippen molar-refractivity contribution >= 4 is 22.8 Å². The Morgan fingerprint density at radius 1 is 1.41 bits per heavy atom. The third-order valence-electron chi connectivity index (χ3n) is 2.84. The Bertz CT molecular complexity index is 376. The first-order valence-corrected chi connectivity index (χ1v) is 8.23. The van der Waals surface area contributed by atoms with Crippen molar-refractivity contribution < 1.29 is 8.39 Å². The Morgan fingerprint density at radius 3 is 2.82 bits per heavy atom. The molecule has 1 heterocycles. The Kier molecular flexibility index (Phi) is 4.65. The first-order chi connectivity index (χ1) is 8.24. The van der Waals surface area contributed by atoms with Gasteiger partial charge in [0.1, 0.15) is 4.93 Å². The van der Waals surface area contributed by atoms with Crippen LogP contribution in [0.15, 0.2) is 30.3 Å². The summed E-state index contributed by atoms with van der Waals surface area (Å²) in [4.78, 5) is -0.279. The molecular weight excluding hydrogens is 252 g/mol. The van der Waals surface area contributed by atoms with Gasteiger partial charge >= 0.3 is 0 Å². The van der Waals surface area contributed by atoms with Gasteiger partial charge in [-0.15, -0.1) is 11.8 Å². The molecule has 94 valence electrons. The van der Waals surface area contributed by atoms with Crippen LogP contribution >= 0.6 is 11.8 Å². The minimum Gasteiger partial charge on any atom is -0.272 e. The SMILES string of the molecule is CCS[C@]1(Cc2ccccc2)CCC[S@@](=O)O1. The van der Waals surface area contributed by atoms with Crippen LogP contribution in [-0.4, -0.2) is 20.6 Å². The van der Waals surface area contributed by atoms with Crippen LogP contribution in [0.5, 0.6) is 0 Å². The molecule has 1 saturated heterocycles. The first-order valence-electron chi connectivity index (χ1n) is 6.00. The highest BCUT2D eigenvalue weighted by atomic mass is 32.2. The fraction of sp³-hybridized carbons (Fsp3) is 0.538. The van der Waals surface area contributed by atoms with Crippen LogP contribution in [0.1, 0.15) is 25.3 Å². The molecule has 1 fully saturated rings. The highest BCUT2D eigenvalue weighted by Crippen LogP contribution is 2.38. The van der Waals surface area contributed by atoms with E-state index < -0.39 is 11.1 Å². The summed E-state index contributed by atoms with van der Waals surface area (Å²) in [6, 6.07) is 10.3. The van der Waals surface area contributed by atoms with Gasteiger partial charge < -0.3 is 0 Å². The zero-order chi connectivity index (χ0) is 12.1. The van der Waals surface area contributed by atoms with Gasteiger partial charge in [-0.1, -0.05) is 37.3 Å². The van der Waals surface area contributed by atoms with E-state index in [-0.39, 0.29) is 4.93 Å². The van der Waals surface area contributed by atoms with Crippen LogP contribution in [0, 0.1) is 0 Å². The highest BCUT2D eigenvalue weighted by molar-refractivity contribution is 8.00. The maximum absolute atomic E-state index is 11.6. The van der Waals surface area contributed by atoms with Crippen molar-refractivity contribution in [2.24, 2.45) is 0 Å². The largest absolute Gasteiger partial charge is 0.272 e. The number of rotatable bonds is 4. The van der Waals surface area contributed by atoms with E-state index in [1.54, 1.807) is 11.8 Å². The molecule has 4 heteroatoms. The van der Waals surface area contributed by atoms with Crippen LogP contribution in [0.3, 0.4) is 0 Å². The van der Waals surface area contributed by atoms with Crippen LogP contribution in [0.2, 0.25) is 0 Å². The first kappa shape index (κ1) is 13.1. The van der Waals surface area contributed by atoms with E-state index >= 15 is 0 Å². The molecule has 0 radical (unpaired) electrons. The van der Waals surface area contributed by atoms with Crippen molar-refractivity contribution in [1.82, 2.24) is 0 Å². The third kappa shape index (κ3) is 3.57. The Labute approximate surface area is 110 Å². The summed E-state index contributed by atoms with van der Waals surface area (Å²) in [6.45, 7) is 2.12. The second-order valence-electron chi connectivity index (χ2n) is 4.20. The van der Waals surface area contributed by atoms with Crippen molar-refractivity contribution in [2.75, 3.05) is 11.5 Å². The van der Waals surface area contributed by atoms with E-state index in [2.05, 4.69) is 19.1 Å². The summed E-state index contributed by atoms with van der Waals surface area (Å²) >= 11 is 0.677. The molecule has 0 aromatic heterocycles. The van der Waals surface area contributed by atoms with Crippen molar-refractivity contribution in [2.45, 2.75) is 31.1 Å². The molecule has 0 bridgehead atoms. The molecule has 0 aliphatic carbocycles. The Hall–Kier alpha value is -0.320. The van der Waals surface area contributed by atoms with Crippen molar-refractivity contribution in [1.29, 1.82) is 0 Å². The molecule has 0 unspecified atom stereocenters. The molecule has 17 heavy (non-hydrogen) atoms. The number of hydrogen-bond acceptors (Lipinski definition) is 3. The Morgan fingerprint density at radius 2 is 2.18 bits per heavy atom. The summed E-state index contributed by atoms with van der Waals surface area (Å²) in [6.07, 6.45) is 2.83. The van der Waals surface area contributed by atoms with Gasteiger partial charge in [0.25, 0.3) is 0 Å².